The first-order chi connectivity index (χ1) is 15.5. The summed E-state index contributed by atoms with van der Waals surface area (Å²) in [6.07, 6.45) is 0.819. The zero-order valence-electron chi connectivity index (χ0n) is 18.1. The first-order valence-electron chi connectivity index (χ1n) is 10.5. The number of sulfonamides is 1. The number of thioether (sulfide) groups is 1. The molecule has 0 spiro atoms. The second-order valence-corrected chi connectivity index (χ2v) is 10.4. The first kappa shape index (κ1) is 23.9. The minimum absolute atomic E-state index is 0.164. The van der Waals surface area contributed by atoms with E-state index in [2.05, 4.69) is 17.4 Å². The van der Waals surface area contributed by atoms with Gasteiger partial charge < -0.3 is 5.32 Å². The average Bonchev–Trinajstić information content (AvgIpc) is 2.81. The third kappa shape index (κ3) is 6.87. The molecule has 0 unspecified atom stereocenters. The molecule has 0 aromatic heterocycles. The lowest BCUT2D eigenvalue weighted by Gasteiger charge is -2.24. The number of carbonyl (C=O) groups excluding carboxylic acids is 1. The number of benzene rings is 3. The van der Waals surface area contributed by atoms with Crippen LogP contribution >= 0.6 is 11.8 Å². The normalized spacial score (nSPS) is 11.2. The number of nitrogens with one attached hydrogen (secondary N) is 1. The molecule has 0 bridgehead atoms. The average molecular weight is 469 g/mol. The van der Waals surface area contributed by atoms with E-state index in [9.17, 15) is 13.2 Å². The third-order valence-electron chi connectivity index (χ3n) is 4.84. The van der Waals surface area contributed by atoms with E-state index in [1.807, 2.05) is 43.0 Å². The van der Waals surface area contributed by atoms with Crippen molar-refractivity contribution >= 4 is 33.4 Å². The summed E-state index contributed by atoms with van der Waals surface area (Å²) < 4.78 is 27.7. The zero-order chi connectivity index (χ0) is 22.8. The Bertz CT molecular complexity index is 1090. The Hall–Kier alpha value is -2.77. The molecule has 3 rings (SSSR count). The van der Waals surface area contributed by atoms with Crippen LogP contribution in [0.4, 0.5) is 5.69 Å². The molecule has 0 saturated carbocycles. The molecule has 0 radical (unpaired) electrons. The molecule has 32 heavy (non-hydrogen) atoms. The largest absolute Gasteiger partial charge is 0.354 e. The molecule has 3 aromatic carbocycles. The summed E-state index contributed by atoms with van der Waals surface area (Å²) in [6.45, 7) is 2.14. The maximum absolute atomic E-state index is 13.3. The van der Waals surface area contributed by atoms with Crippen LogP contribution in [0.5, 0.6) is 0 Å². The van der Waals surface area contributed by atoms with Crippen molar-refractivity contribution in [3.05, 3.63) is 96.1 Å². The standard InChI is InChI=1S/C25H28N2O3S2/c1-21-13-15-24(16-14-21)32(29,30)27(23-11-6-3-7-12-23)19-25(28)26-17-8-18-31-20-22-9-4-2-5-10-22/h2-7,9-16H,8,17-20H2,1H3,(H,26,28). The smallest absolute Gasteiger partial charge is 0.264 e. The monoisotopic (exact) mass is 468 g/mol. The number of amides is 1. The predicted octanol–water partition coefficient (Wildman–Crippen LogP) is 4.63. The summed E-state index contributed by atoms with van der Waals surface area (Å²) in [5.41, 5.74) is 2.71. The molecular formula is C25H28N2O3S2. The van der Waals surface area contributed by atoms with E-state index >= 15 is 0 Å². The van der Waals surface area contributed by atoms with Crippen molar-refractivity contribution in [3.63, 3.8) is 0 Å². The second-order valence-electron chi connectivity index (χ2n) is 7.40. The Morgan fingerprint density at radius 2 is 1.53 bits per heavy atom. The number of carbonyl (C=O) groups is 1. The van der Waals surface area contributed by atoms with Gasteiger partial charge in [-0.15, -0.1) is 0 Å². The fourth-order valence-corrected chi connectivity index (χ4v) is 5.44. The molecule has 0 heterocycles. The van der Waals surface area contributed by atoms with E-state index < -0.39 is 10.0 Å². The van der Waals surface area contributed by atoms with E-state index in [4.69, 9.17) is 0 Å². The van der Waals surface area contributed by atoms with Crippen molar-refractivity contribution in [2.45, 2.75) is 24.0 Å². The number of hydrogen-bond donors (Lipinski definition) is 1. The van der Waals surface area contributed by atoms with Crippen LogP contribution in [-0.2, 0) is 20.6 Å². The fraction of sp³-hybridized carbons (Fsp3) is 0.240. The number of aryl methyl sites for hydroxylation is 1. The van der Waals surface area contributed by atoms with Crippen molar-refractivity contribution in [3.8, 4) is 0 Å². The number of anilines is 1. The van der Waals surface area contributed by atoms with Crippen LogP contribution in [0.1, 0.15) is 17.5 Å². The topological polar surface area (TPSA) is 66.5 Å². The molecule has 5 nitrogen and oxygen atoms in total. The van der Waals surface area contributed by atoms with Crippen molar-refractivity contribution in [2.75, 3.05) is 23.1 Å². The highest BCUT2D eigenvalue weighted by Crippen LogP contribution is 2.23. The van der Waals surface area contributed by atoms with Gasteiger partial charge in [-0.3, -0.25) is 9.10 Å². The quantitative estimate of drug-likeness (QED) is 0.417. The maximum atomic E-state index is 13.3. The molecule has 0 fully saturated rings. The molecule has 0 aliphatic rings. The van der Waals surface area contributed by atoms with Crippen molar-refractivity contribution < 1.29 is 13.2 Å². The lowest BCUT2D eigenvalue weighted by Crippen LogP contribution is -2.41. The van der Waals surface area contributed by atoms with E-state index in [-0.39, 0.29) is 17.3 Å². The van der Waals surface area contributed by atoms with E-state index in [1.165, 1.54) is 5.56 Å². The SMILES string of the molecule is Cc1ccc(S(=O)(=O)N(CC(=O)NCCCSCc2ccccc2)c2ccccc2)cc1. The minimum atomic E-state index is -3.87. The molecule has 0 saturated heterocycles. The van der Waals surface area contributed by atoms with Crippen LogP contribution in [0.2, 0.25) is 0 Å². The highest BCUT2D eigenvalue weighted by molar-refractivity contribution is 7.98. The Kier molecular flexibility index (Phi) is 8.76. The minimum Gasteiger partial charge on any atom is -0.354 e. The van der Waals surface area contributed by atoms with Crippen molar-refractivity contribution in [1.29, 1.82) is 0 Å². The summed E-state index contributed by atoms with van der Waals surface area (Å²) in [5, 5.41) is 2.86. The molecule has 0 aliphatic carbocycles. The molecule has 7 heteroatoms. The lowest BCUT2D eigenvalue weighted by molar-refractivity contribution is -0.119. The molecule has 3 aromatic rings. The van der Waals surface area contributed by atoms with Gasteiger partial charge in [-0.1, -0.05) is 66.2 Å². The van der Waals surface area contributed by atoms with E-state index in [1.54, 1.807) is 48.5 Å². The van der Waals surface area contributed by atoms with Crippen LogP contribution < -0.4 is 9.62 Å². The van der Waals surface area contributed by atoms with Crippen LogP contribution in [0.25, 0.3) is 0 Å². The Morgan fingerprint density at radius 3 is 2.19 bits per heavy atom. The van der Waals surface area contributed by atoms with Gasteiger partial charge in [-0.2, -0.15) is 11.8 Å². The van der Waals surface area contributed by atoms with E-state index in [0.717, 1.165) is 27.8 Å². The van der Waals surface area contributed by atoms with Gasteiger partial charge in [0, 0.05) is 12.3 Å². The third-order valence-corrected chi connectivity index (χ3v) is 7.74. The van der Waals surface area contributed by atoms with Gasteiger partial charge >= 0.3 is 0 Å². The Morgan fingerprint density at radius 1 is 0.906 bits per heavy atom. The van der Waals surface area contributed by atoms with E-state index in [0.29, 0.717) is 12.2 Å². The van der Waals surface area contributed by atoms with Gasteiger partial charge in [-0.05, 0) is 48.9 Å². The van der Waals surface area contributed by atoms with Gasteiger partial charge in [0.25, 0.3) is 10.0 Å². The predicted molar refractivity (Wildman–Crippen MR) is 132 cm³/mol. The number of hydrogen-bond acceptors (Lipinski definition) is 4. The molecule has 1 amide bonds. The summed E-state index contributed by atoms with van der Waals surface area (Å²) in [7, 11) is -3.87. The number of rotatable bonds is 11. The van der Waals surface area contributed by atoms with Gasteiger partial charge in [0.15, 0.2) is 0 Å². The maximum Gasteiger partial charge on any atom is 0.264 e. The highest BCUT2D eigenvalue weighted by Gasteiger charge is 2.26. The zero-order valence-corrected chi connectivity index (χ0v) is 19.7. The summed E-state index contributed by atoms with van der Waals surface area (Å²) in [6, 6.07) is 25.6. The lowest BCUT2D eigenvalue weighted by atomic mass is 10.2. The van der Waals surface area contributed by atoms with Gasteiger partial charge in [0.2, 0.25) is 5.91 Å². The molecule has 0 aliphatic heterocycles. The molecular weight excluding hydrogens is 440 g/mol. The Labute approximate surface area is 194 Å². The fourth-order valence-electron chi connectivity index (χ4n) is 3.10. The van der Waals surface area contributed by atoms with Gasteiger partial charge in [0.05, 0.1) is 10.6 Å². The molecule has 1 N–H and O–H groups in total. The summed E-state index contributed by atoms with van der Waals surface area (Å²) in [5.74, 6) is 1.53. The number of nitrogens with zero attached hydrogens (tertiary/aromatic N) is 1. The molecule has 0 atom stereocenters. The van der Waals surface area contributed by atoms with Crippen LogP contribution in [-0.4, -0.2) is 33.2 Å². The van der Waals surface area contributed by atoms with Crippen molar-refractivity contribution in [1.82, 2.24) is 5.32 Å². The Balaban J connectivity index is 1.56. The van der Waals surface area contributed by atoms with Gasteiger partial charge in [0.1, 0.15) is 6.54 Å². The van der Waals surface area contributed by atoms with Gasteiger partial charge in [-0.25, -0.2) is 8.42 Å². The summed E-state index contributed by atoms with van der Waals surface area (Å²) >= 11 is 1.81. The van der Waals surface area contributed by atoms with Crippen LogP contribution in [0.3, 0.4) is 0 Å². The summed E-state index contributed by atoms with van der Waals surface area (Å²) in [4.78, 5) is 12.8. The van der Waals surface area contributed by atoms with Crippen molar-refractivity contribution in [2.24, 2.45) is 0 Å². The highest BCUT2D eigenvalue weighted by atomic mass is 32.2. The molecule has 168 valence electrons. The number of para-hydroxylation sites is 1. The van der Waals surface area contributed by atoms with Crippen LogP contribution in [0.15, 0.2) is 89.8 Å². The van der Waals surface area contributed by atoms with Crippen LogP contribution in [0, 0.1) is 6.92 Å². The first-order valence-corrected chi connectivity index (χ1v) is 13.1. The second kappa shape index (κ2) is 11.7.